The van der Waals surface area contributed by atoms with Gasteiger partial charge in [0, 0.05) is 18.9 Å². The van der Waals surface area contributed by atoms with Gasteiger partial charge in [0.15, 0.2) is 0 Å². The Morgan fingerprint density at radius 3 is 2.48 bits per heavy atom. The van der Waals surface area contributed by atoms with Crippen molar-refractivity contribution in [2.75, 3.05) is 18.5 Å². The third-order valence-corrected chi connectivity index (χ3v) is 6.37. The number of benzene rings is 1. The van der Waals surface area contributed by atoms with Crippen LogP contribution in [0.5, 0.6) is 0 Å². The molecular weight excluding hydrogens is 433 g/mol. The van der Waals surface area contributed by atoms with E-state index < -0.39 is 22.8 Å². The van der Waals surface area contributed by atoms with Gasteiger partial charge in [-0.05, 0) is 58.2 Å². The van der Waals surface area contributed by atoms with Crippen LogP contribution in [0.2, 0.25) is 0 Å². The first kappa shape index (κ1) is 23.2. The van der Waals surface area contributed by atoms with Crippen LogP contribution in [-0.2, 0) is 22.0 Å². The van der Waals surface area contributed by atoms with E-state index in [9.17, 15) is 18.0 Å². The molecule has 176 valence electrons. The van der Waals surface area contributed by atoms with Gasteiger partial charge in [-0.25, -0.2) is 9.97 Å². The van der Waals surface area contributed by atoms with Gasteiger partial charge in [0.05, 0.1) is 34.2 Å². The van der Waals surface area contributed by atoms with E-state index in [4.69, 9.17) is 4.74 Å². The van der Waals surface area contributed by atoms with Crippen molar-refractivity contribution in [2.24, 2.45) is 0 Å². The number of aryl methyl sites for hydroxylation is 1. The van der Waals surface area contributed by atoms with Gasteiger partial charge < -0.3 is 14.6 Å². The third kappa shape index (κ3) is 4.21. The van der Waals surface area contributed by atoms with E-state index in [1.165, 1.54) is 19.1 Å². The van der Waals surface area contributed by atoms with Crippen LogP contribution in [-0.4, -0.2) is 27.7 Å². The number of fused-ring (bicyclic) bond motifs is 1. The predicted molar refractivity (Wildman–Crippen MR) is 120 cm³/mol. The Labute approximate surface area is 189 Å². The van der Waals surface area contributed by atoms with E-state index in [1.54, 1.807) is 37.6 Å². The molecule has 1 atom stereocenters. The van der Waals surface area contributed by atoms with Crippen molar-refractivity contribution >= 4 is 16.7 Å². The van der Waals surface area contributed by atoms with E-state index in [0.717, 1.165) is 6.07 Å². The number of aromatic nitrogens is 3. The molecule has 3 heterocycles. The minimum Gasteiger partial charge on any atom is -0.379 e. The Hall–Kier alpha value is -2.94. The van der Waals surface area contributed by atoms with Crippen molar-refractivity contribution in [2.45, 2.75) is 58.3 Å². The first-order valence-corrected chi connectivity index (χ1v) is 10.8. The largest absolute Gasteiger partial charge is 0.416 e. The van der Waals surface area contributed by atoms with Crippen LogP contribution in [0.1, 0.15) is 49.7 Å². The molecule has 0 bridgehead atoms. The maximum Gasteiger partial charge on any atom is 0.416 e. The molecule has 1 aliphatic heterocycles. The molecule has 2 aromatic heterocycles. The summed E-state index contributed by atoms with van der Waals surface area (Å²) in [6.07, 6.45) is -2.02. The van der Waals surface area contributed by atoms with Crippen LogP contribution in [0.25, 0.3) is 10.9 Å². The lowest BCUT2D eigenvalue weighted by Crippen LogP contribution is -2.38. The van der Waals surface area contributed by atoms with Crippen molar-refractivity contribution in [1.82, 2.24) is 14.5 Å². The van der Waals surface area contributed by atoms with Crippen molar-refractivity contribution < 1.29 is 17.9 Å². The highest BCUT2D eigenvalue weighted by atomic mass is 19.4. The molecule has 1 aliphatic rings. The molecule has 33 heavy (non-hydrogen) atoms. The van der Waals surface area contributed by atoms with Crippen molar-refractivity contribution in [3.8, 4) is 0 Å². The minimum atomic E-state index is -4.44. The number of nitrogens with one attached hydrogen (secondary N) is 1. The molecular formula is C24H27F3N4O2. The molecule has 9 heteroatoms. The van der Waals surface area contributed by atoms with Crippen LogP contribution in [0, 0.1) is 13.8 Å². The molecule has 6 nitrogen and oxygen atoms in total. The van der Waals surface area contributed by atoms with Crippen LogP contribution in [0.4, 0.5) is 19.0 Å². The molecule has 0 aliphatic carbocycles. The van der Waals surface area contributed by atoms with Crippen molar-refractivity contribution in [1.29, 1.82) is 0 Å². The topological polar surface area (TPSA) is 69.0 Å². The molecule has 1 saturated heterocycles. The first-order chi connectivity index (χ1) is 15.3. The summed E-state index contributed by atoms with van der Waals surface area (Å²) in [6, 6.07) is 5.65. The SMILES string of the molecule is Cc1nc(NC(C)(C)c2cccc(C(F)(F)F)c2C)c2cn(C3(C)CCOC3)c(=O)cc2n1. The Morgan fingerprint density at radius 2 is 1.85 bits per heavy atom. The van der Waals surface area contributed by atoms with Gasteiger partial charge in [-0.15, -0.1) is 0 Å². The number of pyridine rings is 1. The number of halogens is 3. The fourth-order valence-corrected chi connectivity index (χ4v) is 4.57. The highest BCUT2D eigenvalue weighted by Gasteiger charge is 2.36. The molecule has 4 rings (SSSR count). The lowest BCUT2D eigenvalue weighted by atomic mass is 9.87. The maximum absolute atomic E-state index is 13.5. The van der Waals surface area contributed by atoms with Crippen LogP contribution >= 0.6 is 0 Å². The first-order valence-electron chi connectivity index (χ1n) is 10.8. The van der Waals surface area contributed by atoms with Crippen molar-refractivity contribution in [3.63, 3.8) is 0 Å². The standard InChI is InChI=1S/C24H27F3N4O2/c1-14-17(7-6-8-18(14)24(25,26)27)22(3,4)30-21-16-12-31(23(5)9-10-33-13-23)20(32)11-19(16)28-15(2)29-21/h6-8,11-12H,9-10,13H2,1-5H3,(H,28,29,30). The second-order valence-electron chi connectivity index (χ2n) is 9.43. The van der Waals surface area contributed by atoms with E-state index in [-0.39, 0.29) is 11.1 Å². The maximum atomic E-state index is 13.5. The smallest absolute Gasteiger partial charge is 0.379 e. The molecule has 0 amide bonds. The number of hydrogen-bond acceptors (Lipinski definition) is 5. The zero-order valence-electron chi connectivity index (χ0n) is 19.3. The van der Waals surface area contributed by atoms with Gasteiger partial charge in [-0.2, -0.15) is 13.2 Å². The van der Waals surface area contributed by atoms with Gasteiger partial charge in [0.1, 0.15) is 11.6 Å². The van der Waals surface area contributed by atoms with Gasteiger partial charge in [-0.1, -0.05) is 12.1 Å². The Bertz CT molecular complexity index is 1280. The summed E-state index contributed by atoms with van der Waals surface area (Å²) in [4.78, 5) is 21.8. The molecule has 0 radical (unpaired) electrons. The predicted octanol–water partition coefficient (Wildman–Crippen LogP) is 4.91. The summed E-state index contributed by atoms with van der Waals surface area (Å²) in [6.45, 7) is 9.75. The van der Waals surface area contributed by atoms with Crippen LogP contribution in [0.3, 0.4) is 0 Å². The van der Waals surface area contributed by atoms with E-state index in [1.807, 2.05) is 6.92 Å². The van der Waals surface area contributed by atoms with Gasteiger partial charge >= 0.3 is 6.18 Å². The molecule has 1 aromatic carbocycles. The molecule has 0 spiro atoms. The fourth-order valence-electron chi connectivity index (χ4n) is 4.57. The third-order valence-electron chi connectivity index (χ3n) is 6.37. The highest BCUT2D eigenvalue weighted by molar-refractivity contribution is 5.88. The molecule has 0 saturated carbocycles. The zero-order valence-corrected chi connectivity index (χ0v) is 19.3. The summed E-state index contributed by atoms with van der Waals surface area (Å²) in [5.41, 5.74) is -1.09. The average Bonchev–Trinajstić information content (AvgIpc) is 3.13. The number of rotatable bonds is 4. The van der Waals surface area contributed by atoms with Crippen LogP contribution < -0.4 is 10.9 Å². The normalized spacial score (nSPS) is 19.3. The molecule has 1 N–H and O–H groups in total. The Morgan fingerprint density at radius 1 is 1.15 bits per heavy atom. The number of hydrogen-bond donors (Lipinski definition) is 1. The van der Waals surface area contributed by atoms with E-state index >= 15 is 0 Å². The minimum absolute atomic E-state index is 0.158. The van der Waals surface area contributed by atoms with Gasteiger partial charge in [-0.3, -0.25) is 4.79 Å². The quantitative estimate of drug-likeness (QED) is 0.599. The summed E-state index contributed by atoms with van der Waals surface area (Å²) < 4.78 is 47.6. The molecule has 1 unspecified atom stereocenters. The van der Waals surface area contributed by atoms with Gasteiger partial charge in [0.2, 0.25) is 0 Å². The fraction of sp³-hybridized carbons (Fsp3) is 0.458. The lowest BCUT2D eigenvalue weighted by molar-refractivity contribution is -0.138. The number of ether oxygens (including phenoxy) is 1. The number of nitrogens with zero attached hydrogens (tertiary/aromatic N) is 3. The average molecular weight is 461 g/mol. The molecule has 1 fully saturated rings. The monoisotopic (exact) mass is 460 g/mol. The Kier molecular flexibility index (Phi) is 5.51. The summed E-state index contributed by atoms with van der Waals surface area (Å²) in [5, 5.41) is 3.94. The van der Waals surface area contributed by atoms with Gasteiger partial charge in [0.25, 0.3) is 5.56 Å². The van der Waals surface area contributed by atoms with E-state index in [0.29, 0.717) is 47.7 Å². The number of alkyl halides is 3. The second-order valence-corrected chi connectivity index (χ2v) is 9.43. The second kappa shape index (κ2) is 7.83. The Balaban J connectivity index is 1.84. The van der Waals surface area contributed by atoms with Crippen molar-refractivity contribution in [3.05, 3.63) is 63.3 Å². The van der Waals surface area contributed by atoms with E-state index in [2.05, 4.69) is 15.3 Å². The summed E-state index contributed by atoms with van der Waals surface area (Å²) in [7, 11) is 0. The highest BCUT2D eigenvalue weighted by Crippen LogP contribution is 2.37. The zero-order chi connectivity index (χ0) is 24.2. The summed E-state index contributed by atoms with van der Waals surface area (Å²) in [5.74, 6) is 0.907. The van der Waals surface area contributed by atoms with Crippen LogP contribution in [0.15, 0.2) is 35.3 Å². The number of anilines is 1. The summed E-state index contributed by atoms with van der Waals surface area (Å²) >= 11 is 0. The lowest BCUT2D eigenvalue weighted by Gasteiger charge is -2.31. The molecule has 3 aromatic rings.